The molecule has 0 saturated carbocycles. The molecule has 0 unspecified atom stereocenters. The number of thiophene rings is 1. The van der Waals surface area contributed by atoms with Crippen molar-refractivity contribution in [3.63, 3.8) is 0 Å². The van der Waals surface area contributed by atoms with Gasteiger partial charge in [-0.1, -0.05) is 18.2 Å². The summed E-state index contributed by atoms with van der Waals surface area (Å²) in [5.74, 6) is -0.0242. The fourth-order valence-corrected chi connectivity index (χ4v) is 3.28. The van der Waals surface area contributed by atoms with Crippen molar-refractivity contribution in [1.29, 1.82) is 0 Å². The maximum Gasteiger partial charge on any atom is 0.261 e. The number of ether oxygens (including phenoxy) is 1. The lowest BCUT2D eigenvalue weighted by atomic mass is 10.2. The van der Waals surface area contributed by atoms with Crippen LogP contribution in [0.2, 0.25) is 0 Å². The Balaban J connectivity index is 1.75. The lowest BCUT2D eigenvalue weighted by Crippen LogP contribution is -2.24. The molecular formula is C17H18N2O2S. The van der Waals surface area contributed by atoms with E-state index in [1.807, 2.05) is 30.5 Å². The minimum Gasteiger partial charge on any atom is -0.385 e. The van der Waals surface area contributed by atoms with Crippen molar-refractivity contribution in [2.45, 2.75) is 6.42 Å². The van der Waals surface area contributed by atoms with Crippen LogP contribution < -0.4 is 5.32 Å². The summed E-state index contributed by atoms with van der Waals surface area (Å²) >= 11 is 1.50. The van der Waals surface area contributed by atoms with Crippen LogP contribution in [0.4, 0.5) is 0 Å². The third-order valence-electron chi connectivity index (χ3n) is 3.46. The summed E-state index contributed by atoms with van der Waals surface area (Å²) in [5.41, 5.74) is 1.15. The van der Waals surface area contributed by atoms with E-state index in [0.717, 1.165) is 21.8 Å². The minimum atomic E-state index is -0.0242. The summed E-state index contributed by atoms with van der Waals surface area (Å²) in [6.07, 6.45) is 2.86. The first kappa shape index (κ1) is 14.8. The van der Waals surface area contributed by atoms with Gasteiger partial charge >= 0.3 is 0 Å². The van der Waals surface area contributed by atoms with Crippen LogP contribution in [0.3, 0.4) is 0 Å². The van der Waals surface area contributed by atoms with Crippen LogP contribution in [0.15, 0.2) is 48.7 Å². The van der Waals surface area contributed by atoms with Gasteiger partial charge in [-0.3, -0.25) is 4.79 Å². The average molecular weight is 314 g/mol. The fraction of sp³-hybridized carbons (Fsp3) is 0.235. The van der Waals surface area contributed by atoms with E-state index in [-0.39, 0.29) is 5.91 Å². The fourth-order valence-electron chi connectivity index (χ4n) is 2.36. The Morgan fingerprint density at radius 3 is 2.95 bits per heavy atom. The average Bonchev–Trinajstić information content (AvgIpc) is 3.17. The van der Waals surface area contributed by atoms with E-state index in [9.17, 15) is 4.79 Å². The predicted molar refractivity (Wildman–Crippen MR) is 90.0 cm³/mol. The second kappa shape index (κ2) is 6.77. The van der Waals surface area contributed by atoms with Gasteiger partial charge in [0.2, 0.25) is 0 Å². The quantitative estimate of drug-likeness (QED) is 0.708. The van der Waals surface area contributed by atoms with E-state index < -0.39 is 0 Å². The molecule has 1 amide bonds. The number of hydrogen-bond donors (Lipinski definition) is 1. The number of amides is 1. The van der Waals surface area contributed by atoms with Gasteiger partial charge in [0.15, 0.2) is 0 Å². The molecule has 0 spiro atoms. The highest BCUT2D eigenvalue weighted by Crippen LogP contribution is 2.26. The third kappa shape index (κ3) is 3.05. The van der Waals surface area contributed by atoms with Crippen LogP contribution in [0.1, 0.15) is 16.1 Å². The molecular weight excluding hydrogens is 296 g/mol. The zero-order valence-corrected chi connectivity index (χ0v) is 13.2. The van der Waals surface area contributed by atoms with E-state index in [2.05, 4.69) is 28.1 Å². The first-order chi connectivity index (χ1) is 10.8. The monoisotopic (exact) mass is 314 g/mol. The summed E-state index contributed by atoms with van der Waals surface area (Å²) in [7, 11) is 1.66. The lowest BCUT2D eigenvalue weighted by molar-refractivity contribution is 0.0952. The molecule has 0 bridgehead atoms. The van der Waals surface area contributed by atoms with E-state index >= 15 is 0 Å². The number of benzene rings is 1. The molecule has 114 valence electrons. The maximum absolute atomic E-state index is 12.1. The molecule has 1 N–H and O–H groups in total. The van der Waals surface area contributed by atoms with Gasteiger partial charge in [-0.2, -0.15) is 0 Å². The Hall–Kier alpha value is -2.11. The van der Waals surface area contributed by atoms with Crippen molar-refractivity contribution >= 4 is 28.1 Å². The van der Waals surface area contributed by atoms with Gasteiger partial charge in [0.05, 0.1) is 10.4 Å². The van der Waals surface area contributed by atoms with Crippen molar-refractivity contribution in [3.05, 3.63) is 53.5 Å². The normalized spacial score (nSPS) is 11.0. The van der Waals surface area contributed by atoms with Crippen LogP contribution in [0.25, 0.3) is 15.9 Å². The summed E-state index contributed by atoms with van der Waals surface area (Å²) < 4.78 is 7.08. The van der Waals surface area contributed by atoms with Gasteiger partial charge in [-0.05, 0) is 36.1 Å². The molecule has 1 aromatic carbocycles. The standard InChI is InChI=1S/C17H18N2O2S/c1-21-12-4-10-18-17(20)15-7-8-16(22-15)19-11-9-13-5-2-3-6-14(13)19/h2-3,5-9,11H,4,10,12H2,1H3,(H,18,20). The Kier molecular flexibility index (Phi) is 4.56. The van der Waals surface area contributed by atoms with Gasteiger partial charge in [-0.25, -0.2) is 0 Å². The molecule has 0 saturated heterocycles. The van der Waals surface area contributed by atoms with Crippen molar-refractivity contribution in [2.75, 3.05) is 20.3 Å². The number of fused-ring (bicyclic) bond motifs is 1. The third-order valence-corrected chi connectivity index (χ3v) is 4.55. The number of carbonyl (C=O) groups excluding carboxylic acids is 1. The molecule has 0 aliphatic carbocycles. The number of hydrogen-bond acceptors (Lipinski definition) is 3. The Labute approximate surface area is 133 Å². The first-order valence-corrected chi connectivity index (χ1v) is 8.04. The molecule has 22 heavy (non-hydrogen) atoms. The number of aromatic nitrogens is 1. The number of carbonyl (C=O) groups is 1. The highest BCUT2D eigenvalue weighted by molar-refractivity contribution is 7.16. The van der Waals surface area contributed by atoms with Gasteiger partial charge in [0.25, 0.3) is 5.91 Å². The molecule has 4 nitrogen and oxygen atoms in total. The summed E-state index contributed by atoms with van der Waals surface area (Å²) in [6, 6.07) is 14.2. The topological polar surface area (TPSA) is 43.3 Å². The summed E-state index contributed by atoms with van der Waals surface area (Å²) in [6.45, 7) is 1.29. The van der Waals surface area contributed by atoms with Gasteiger partial charge < -0.3 is 14.6 Å². The van der Waals surface area contributed by atoms with E-state index in [4.69, 9.17) is 4.74 Å². The molecule has 3 rings (SSSR count). The van der Waals surface area contributed by atoms with Crippen LogP contribution in [0.5, 0.6) is 0 Å². The SMILES string of the molecule is COCCCNC(=O)c1ccc(-n2ccc3ccccc32)s1. The molecule has 3 aromatic rings. The minimum absolute atomic E-state index is 0.0242. The number of nitrogens with one attached hydrogen (secondary N) is 1. The molecule has 0 fully saturated rings. The molecule has 0 radical (unpaired) electrons. The highest BCUT2D eigenvalue weighted by atomic mass is 32.1. The van der Waals surface area contributed by atoms with Crippen LogP contribution in [0, 0.1) is 0 Å². The Morgan fingerprint density at radius 2 is 2.09 bits per heavy atom. The highest BCUT2D eigenvalue weighted by Gasteiger charge is 2.11. The number of methoxy groups -OCH3 is 1. The van der Waals surface area contributed by atoms with E-state index in [1.165, 1.54) is 16.7 Å². The number of rotatable bonds is 6. The first-order valence-electron chi connectivity index (χ1n) is 7.23. The zero-order valence-electron chi connectivity index (χ0n) is 12.4. The number of para-hydroxylation sites is 1. The molecule has 0 aliphatic heterocycles. The number of nitrogens with zero attached hydrogens (tertiary/aromatic N) is 1. The molecule has 2 aromatic heterocycles. The van der Waals surface area contributed by atoms with Crippen molar-refractivity contribution in [1.82, 2.24) is 9.88 Å². The van der Waals surface area contributed by atoms with Crippen molar-refractivity contribution in [2.24, 2.45) is 0 Å². The smallest absolute Gasteiger partial charge is 0.261 e. The van der Waals surface area contributed by atoms with Crippen molar-refractivity contribution in [3.8, 4) is 5.00 Å². The predicted octanol–water partition coefficient (Wildman–Crippen LogP) is 3.46. The van der Waals surface area contributed by atoms with E-state index in [0.29, 0.717) is 13.2 Å². The lowest BCUT2D eigenvalue weighted by Gasteiger charge is -2.03. The Morgan fingerprint density at radius 1 is 1.23 bits per heavy atom. The molecule has 5 heteroatoms. The largest absolute Gasteiger partial charge is 0.385 e. The zero-order chi connectivity index (χ0) is 15.4. The van der Waals surface area contributed by atoms with Gasteiger partial charge in [0.1, 0.15) is 5.00 Å². The second-order valence-corrected chi connectivity index (χ2v) is 6.05. The molecule has 2 heterocycles. The van der Waals surface area contributed by atoms with Crippen LogP contribution in [-0.4, -0.2) is 30.7 Å². The van der Waals surface area contributed by atoms with Gasteiger partial charge in [-0.15, -0.1) is 11.3 Å². The second-order valence-electron chi connectivity index (χ2n) is 4.98. The van der Waals surface area contributed by atoms with E-state index in [1.54, 1.807) is 7.11 Å². The summed E-state index contributed by atoms with van der Waals surface area (Å²) in [5, 5.41) is 5.15. The van der Waals surface area contributed by atoms with Gasteiger partial charge in [0, 0.05) is 26.5 Å². The molecule has 0 aliphatic rings. The van der Waals surface area contributed by atoms with Crippen molar-refractivity contribution < 1.29 is 9.53 Å². The Bertz CT molecular complexity index is 776. The maximum atomic E-state index is 12.1. The molecule has 0 atom stereocenters. The summed E-state index contributed by atoms with van der Waals surface area (Å²) in [4.78, 5) is 12.8. The van der Waals surface area contributed by atoms with Crippen LogP contribution >= 0.6 is 11.3 Å². The van der Waals surface area contributed by atoms with Crippen LogP contribution in [-0.2, 0) is 4.74 Å².